The molecule has 1 saturated heterocycles. The van der Waals surface area contributed by atoms with Gasteiger partial charge in [0, 0.05) is 30.2 Å². The zero-order valence-electron chi connectivity index (χ0n) is 22.9. The van der Waals surface area contributed by atoms with Gasteiger partial charge in [0.05, 0.1) is 65.2 Å². The molecule has 6 rings (SSSR count). The minimum absolute atomic E-state index is 0.105. The number of amides is 1. The quantitative estimate of drug-likeness (QED) is 0.382. The standard InChI is InChI=1S/C30H31N5O5S/c1-19-16-35(17-20(2)40-19)29-5-3-4-25(34-29)26-9-8-22-14-31-24(13-27(22)33-26)15-32-30(36)21-6-7-23-18-39-10-11-41(37,38)28(23)12-21/h3-9,12-14,19-20H,10-11,15-18H2,1-2H3,(H,32,36)/t19-,20-/m1/s1. The molecular weight excluding hydrogens is 542 g/mol. The average Bonchev–Trinajstić information content (AvgIpc) is 3.12. The Labute approximate surface area is 238 Å². The first-order valence-electron chi connectivity index (χ1n) is 13.6. The van der Waals surface area contributed by atoms with Crippen molar-refractivity contribution in [2.24, 2.45) is 0 Å². The number of nitrogens with one attached hydrogen (secondary N) is 1. The molecule has 0 spiro atoms. The zero-order valence-corrected chi connectivity index (χ0v) is 23.7. The second kappa shape index (κ2) is 11.2. The van der Waals surface area contributed by atoms with Crippen LogP contribution in [0, 0.1) is 0 Å². The first-order valence-corrected chi connectivity index (χ1v) is 15.3. The Kier molecular flexibility index (Phi) is 7.41. The minimum atomic E-state index is -3.51. The highest BCUT2D eigenvalue weighted by Crippen LogP contribution is 2.25. The van der Waals surface area contributed by atoms with Gasteiger partial charge in [0.15, 0.2) is 9.84 Å². The molecule has 0 bridgehead atoms. The molecule has 3 aromatic heterocycles. The van der Waals surface area contributed by atoms with E-state index in [-0.39, 0.29) is 54.1 Å². The first kappa shape index (κ1) is 27.3. The maximum absolute atomic E-state index is 12.9. The van der Waals surface area contributed by atoms with Crippen molar-refractivity contribution < 1.29 is 22.7 Å². The molecule has 0 unspecified atom stereocenters. The molecule has 212 valence electrons. The summed E-state index contributed by atoms with van der Waals surface area (Å²) in [5.41, 5.74) is 3.70. The highest BCUT2D eigenvalue weighted by molar-refractivity contribution is 7.91. The summed E-state index contributed by atoms with van der Waals surface area (Å²) in [5, 5.41) is 3.71. The summed E-state index contributed by atoms with van der Waals surface area (Å²) < 4.78 is 36.4. The van der Waals surface area contributed by atoms with E-state index in [0.717, 1.165) is 41.2 Å². The number of anilines is 1. The average molecular weight is 574 g/mol. The summed E-state index contributed by atoms with van der Waals surface area (Å²) in [4.78, 5) is 29.5. The molecule has 2 aliphatic rings. The van der Waals surface area contributed by atoms with Gasteiger partial charge in [-0.05, 0) is 61.9 Å². The zero-order chi connectivity index (χ0) is 28.6. The van der Waals surface area contributed by atoms with Crippen molar-refractivity contribution in [3.8, 4) is 11.4 Å². The third-order valence-corrected chi connectivity index (χ3v) is 8.97. The summed E-state index contributed by atoms with van der Waals surface area (Å²) in [6.45, 7) is 6.20. The summed E-state index contributed by atoms with van der Waals surface area (Å²) in [6, 6.07) is 16.3. The minimum Gasteiger partial charge on any atom is -0.376 e. The van der Waals surface area contributed by atoms with Crippen molar-refractivity contribution >= 4 is 32.5 Å². The number of carbonyl (C=O) groups excluding carboxylic acids is 1. The van der Waals surface area contributed by atoms with E-state index in [1.807, 2.05) is 36.4 Å². The highest BCUT2D eigenvalue weighted by Gasteiger charge is 2.25. The van der Waals surface area contributed by atoms with E-state index in [4.69, 9.17) is 19.4 Å². The Morgan fingerprint density at radius 2 is 1.83 bits per heavy atom. The fourth-order valence-corrected chi connectivity index (χ4v) is 6.63. The van der Waals surface area contributed by atoms with Crippen LogP contribution in [0.4, 0.5) is 5.82 Å². The van der Waals surface area contributed by atoms with Gasteiger partial charge in [-0.2, -0.15) is 0 Å². The van der Waals surface area contributed by atoms with Crippen LogP contribution >= 0.6 is 0 Å². The molecule has 11 heteroatoms. The number of fused-ring (bicyclic) bond motifs is 2. The van der Waals surface area contributed by atoms with Crippen LogP contribution in [0.25, 0.3) is 22.3 Å². The fraction of sp³-hybridized carbons (Fsp3) is 0.333. The summed E-state index contributed by atoms with van der Waals surface area (Å²) in [7, 11) is -3.51. The molecular formula is C30H31N5O5S. The second-order valence-electron chi connectivity index (χ2n) is 10.5. The van der Waals surface area contributed by atoms with Crippen molar-refractivity contribution in [2.45, 2.75) is 44.1 Å². The number of morpholine rings is 1. The lowest BCUT2D eigenvalue weighted by Crippen LogP contribution is -2.45. The predicted octanol–water partition coefficient (Wildman–Crippen LogP) is 3.54. The van der Waals surface area contributed by atoms with Crippen LogP contribution < -0.4 is 10.2 Å². The predicted molar refractivity (Wildman–Crippen MR) is 154 cm³/mol. The van der Waals surface area contributed by atoms with E-state index < -0.39 is 9.84 Å². The molecule has 10 nitrogen and oxygen atoms in total. The van der Waals surface area contributed by atoms with E-state index in [2.05, 4.69) is 29.0 Å². The van der Waals surface area contributed by atoms with Crippen LogP contribution in [0.1, 0.15) is 35.5 Å². The van der Waals surface area contributed by atoms with Gasteiger partial charge in [-0.15, -0.1) is 0 Å². The summed E-state index contributed by atoms with van der Waals surface area (Å²) in [5.74, 6) is 0.402. The molecule has 0 radical (unpaired) electrons. The Morgan fingerprint density at radius 1 is 1.02 bits per heavy atom. The van der Waals surface area contributed by atoms with Gasteiger partial charge < -0.3 is 19.7 Å². The molecule has 0 aliphatic carbocycles. The van der Waals surface area contributed by atoms with Gasteiger partial charge in [0.25, 0.3) is 5.91 Å². The number of pyridine rings is 3. The lowest BCUT2D eigenvalue weighted by molar-refractivity contribution is -0.00545. The van der Waals surface area contributed by atoms with Crippen molar-refractivity contribution in [1.29, 1.82) is 0 Å². The van der Waals surface area contributed by atoms with Gasteiger partial charge in [-0.3, -0.25) is 9.78 Å². The normalized spacial score (nSPS) is 20.3. The Bertz CT molecular complexity index is 1720. The Balaban J connectivity index is 1.19. The van der Waals surface area contributed by atoms with Crippen molar-refractivity contribution in [3.63, 3.8) is 0 Å². The number of hydrogen-bond donors (Lipinski definition) is 1. The second-order valence-corrected chi connectivity index (χ2v) is 12.6. The Hall–Kier alpha value is -3.93. The molecule has 4 aromatic rings. The first-order chi connectivity index (χ1) is 19.7. The number of benzene rings is 1. The molecule has 1 amide bonds. The van der Waals surface area contributed by atoms with Crippen LogP contribution in [0.5, 0.6) is 0 Å². The number of sulfone groups is 1. The molecule has 5 heterocycles. The van der Waals surface area contributed by atoms with Crippen LogP contribution in [0.3, 0.4) is 0 Å². The number of carbonyl (C=O) groups is 1. The number of ether oxygens (including phenoxy) is 2. The fourth-order valence-electron chi connectivity index (χ4n) is 5.24. The SMILES string of the molecule is C[C@@H]1CN(c2cccc(-c3ccc4cnc(CNC(=O)c5ccc6c(c5)S(=O)(=O)CCOC6)cc4n3)n2)C[C@@H](C)O1. The topological polar surface area (TPSA) is 124 Å². The summed E-state index contributed by atoms with van der Waals surface area (Å²) in [6.07, 6.45) is 1.99. The molecule has 0 saturated carbocycles. The van der Waals surface area contributed by atoms with E-state index in [0.29, 0.717) is 11.3 Å². The smallest absolute Gasteiger partial charge is 0.251 e. The van der Waals surface area contributed by atoms with Crippen LogP contribution in [0.2, 0.25) is 0 Å². The number of nitrogens with zero attached hydrogens (tertiary/aromatic N) is 4. The van der Waals surface area contributed by atoms with Crippen molar-refractivity contribution in [3.05, 3.63) is 77.6 Å². The third-order valence-electron chi connectivity index (χ3n) is 7.22. The third kappa shape index (κ3) is 5.92. The van der Waals surface area contributed by atoms with Gasteiger partial charge in [-0.25, -0.2) is 18.4 Å². The van der Waals surface area contributed by atoms with Gasteiger partial charge >= 0.3 is 0 Å². The summed E-state index contributed by atoms with van der Waals surface area (Å²) >= 11 is 0. The monoisotopic (exact) mass is 573 g/mol. The van der Waals surface area contributed by atoms with E-state index >= 15 is 0 Å². The number of hydrogen-bond acceptors (Lipinski definition) is 9. The highest BCUT2D eigenvalue weighted by atomic mass is 32.2. The molecule has 2 aliphatic heterocycles. The lowest BCUT2D eigenvalue weighted by atomic mass is 10.1. The molecule has 1 N–H and O–H groups in total. The number of rotatable bonds is 5. The van der Waals surface area contributed by atoms with Gasteiger partial charge in [-0.1, -0.05) is 12.1 Å². The maximum Gasteiger partial charge on any atom is 0.251 e. The van der Waals surface area contributed by atoms with Crippen LogP contribution in [-0.2, 0) is 32.5 Å². The number of aromatic nitrogens is 3. The Morgan fingerprint density at radius 3 is 2.66 bits per heavy atom. The van der Waals surface area contributed by atoms with E-state index in [9.17, 15) is 13.2 Å². The van der Waals surface area contributed by atoms with E-state index in [1.54, 1.807) is 18.3 Å². The van der Waals surface area contributed by atoms with E-state index in [1.165, 1.54) is 6.07 Å². The molecule has 2 atom stereocenters. The van der Waals surface area contributed by atoms with Gasteiger partial charge in [0.2, 0.25) is 0 Å². The van der Waals surface area contributed by atoms with Crippen LogP contribution in [0.15, 0.2) is 65.7 Å². The largest absolute Gasteiger partial charge is 0.376 e. The lowest BCUT2D eigenvalue weighted by Gasteiger charge is -2.36. The molecule has 41 heavy (non-hydrogen) atoms. The molecule has 1 aromatic carbocycles. The maximum atomic E-state index is 12.9. The molecule has 1 fully saturated rings. The van der Waals surface area contributed by atoms with Crippen molar-refractivity contribution in [1.82, 2.24) is 20.3 Å². The van der Waals surface area contributed by atoms with Crippen molar-refractivity contribution in [2.75, 3.05) is 30.3 Å². The van der Waals surface area contributed by atoms with Gasteiger partial charge in [0.1, 0.15) is 5.82 Å². The van der Waals surface area contributed by atoms with Crippen LogP contribution in [-0.4, -0.2) is 66.9 Å².